The van der Waals surface area contributed by atoms with Crippen molar-refractivity contribution in [3.05, 3.63) is 29.8 Å². The third kappa shape index (κ3) is 3.73. The molecule has 1 saturated carbocycles. The van der Waals surface area contributed by atoms with Crippen LogP contribution in [0.1, 0.15) is 45.1 Å². The zero-order valence-corrected chi connectivity index (χ0v) is 14.1. The first-order valence-electron chi connectivity index (χ1n) is 8.41. The summed E-state index contributed by atoms with van der Waals surface area (Å²) < 4.78 is 5.60. The van der Waals surface area contributed by atoms with Crippen molar-refractivity contribution in [3.63, 3.8) is 0 Å². The number of hydrogen-bond donors (Lipinski definition) is 2. The number of aliphatic imine (C=N–C) groups is 1. The maximum absolute atomic E-state index is 5.60. The Balaban J connectivity index is 2.27. The molecule has 0 saturated heterocycles. The van der Waals surface area contributed by atoms with Crippen molar-refractivity contribution in [2.24, 2.45) is 4.99 Å². The first-order valence-corrected chi connectivity index (χ1v) is 8.41. The number of rotatable bonds is 6. The molecule has 4 heteroatoms. The minimum absolute atomic E-state index is 0.114. The maximum atomic E-state index is 5.60. The number of guanidine groups is 1. The highest BCUT2D eigenvalue weighted by Gasteiger charge is 2.37. The number of methoxy groups -OCH3 is 1. The van der Waals surface area contributed by atoms with Crippen molar-refractivity contribution in [1.82, 2.24) is 10.6 Å². The van der Waals surface area contributed by atoms with Crippen molar-refractivity contribution in [2.75, 3.05) is 26.7 Å². The van der Waals surface area contributed by atoms with E-state index >= 15 is 0 Å². The van der Waals surface area contributed by atoms with Crippen molar-refractivity contribution >= 4 is 5.96 Å². The van der Waals surface area contributed by atoms with Gasteiger partial charge in [0.1, 0.15) is 5.75 Å². The predicted molar refractivity (Wildman–Crippen MR) is 92.8 cm³/mol. The highest BCUT2D eigenvalue weighted by atomic mass is 16.5. The van der Waals surface area contributed by atoms with E-state index in [4.69, 9.17) is 9.73 Å². The van der Waals surface area contributed by atoms with Crippen LogP contribution in [-0.2, 0) is 5.41 Å². The van der Waals surface area contributed by atoms with E-state index in [1.165, 1.54) is 31.2 Å². The number of nitrogens with zero attached hydrogens (tertiary/aromatic N) is 1. The van der Waals surface area contributed by atoms with E-state index in [0.29, 0.717) is 0 Å². The van der Waals surface area contributed by atoms with Gasteiger partial charge in [-0.1, -0.05) is 31.0 Å². The average Bonchev–Trinajstić information content (AvgIpc) is 3.03. The third-order valence-electron chi connectivity index (χ3n) is 4.47. The molecular weight excluding hydrogens is 274 g/mol. The number of para-hydroxylation sites is 1. The summed E-state index contributed by atoms with van der Waals surface area (Å²) in [6, 6.07) is 8.42. The zero-order valence-electron chi connectivity index (χ0n) is 14.1. The standard InChI is InChI=1S/C18H29N3O/c1-4-19-17(20-5-2)21-14-18(12-8-9-13-18)15-10-6-7-11-16(15)22-3/h6-7,10-11H,4-5,8-9,12-14H2,1-3H3,(H2,19,20,21). The van der Waals surface area contributed by atoms with E-state index in [1.54, 1.807) is 7.11 Å². The van der Waals surface area contributed by atoms with Gasteiger partial charge in [-0.05, 0) is 32.8 Å². The molecule has 0 radical (unpaired) electrons. The first kappa shape index (κ1) is 16.7. The Bertz CT molecular complexity index is 485. The van der Waals surface area contributed by atoms with Crippen LogP contribution in [0.25, 0.3) is 0 Å². The smallest absolute Gasteiger partial charge is 0.191 e. The lowest BCUT2D eigenvalue weighted by molar-refractivity contribution is 0.378. The minimum Gasteiger partial charge on any atom is -0.496 e. The highest BCUT2D eigenvalue weighted by Crippen LogP contribution is 2.44. The quantitative estimate of drug-likeness (QED) is 0.627. The fourth-order valence-corrected chi connectivity index (χ4v) is 3.39. The Hall–Kier alpha value is -1.71. The van der Waals surface area contributed by atoms with Crippen LogP contribution in [0.3, 0.4) is 0 Å². The monoisotopic (exact) mass is 303 g/mol. The van der Waals surface area contributed by atoms with Crippen LogP contribution in [0.2, 0.25) is 0 Å². The van der Waals surface area contributed by atoms with Crippen LogP contribution in [-0.4, -0.2) is 32.7 Å². The predicted octanol–water partition coefficient (Wildman–Crippen LogP) is 3.08. The lowest BCUT2D eigenvalue weighted by Gasteiger charge is -2.29. The third-order valence-corrected chi connectivity index (χ3v) is 4.47. The number of ether oxygens (including phenoxy) is 1. The summed E-state index contributed by atoms with van der Waals surface area (Å²) >= 11 is 0. The van der Waals surface area contributed by atoms with E-state index in [-0.39, 0.29) is 5.41 Å². The molecule has 1 aromatic carbocycles. The largest absolute Gasteiger partial charge is 0.496 e. The topological polar surface area (TPSA) is 45.7 Å². The molecule has 0 spiro atoms. The van der Waals surface area contributed by atoms with Gasteiger partial charge in [-0.25, -0.2) is 0 Å². The van der Waals surface area contributed by atoms with E-state index in [2.05, 4.69) is 42.7 Å². The first-order chi connectivity index (χ1) is 10.8. The average molecular weight is 303 g/mol. The molecule has 2 N–H and O–H groups in total. The summed E-state index contributed by atoms with van der Waals surface area (Å²) in [7, 11) is 1.76. The van der Waals surface area contributed by atoms with Gasteiger partial charge >= 0.3 is 0 Å². The maximum Gasteiger partial charge on any atom is 0.191 e. The minimum atomic E-state index is 0.114. The van der Waals surface area contributed by atoms with Crippen LogP contribution >= 0.6 is 0 Å². The van der Waals surface area contributed by atoms with Gasteiger partial charge in [0.05, 0.1) is 13.7 Å². The van der Waals surface area contributed by atoms with Gasteiger partial charge in [-0.2, -0.15) is 0 Å². The van der Waals surface area contributed by atoms with Crippen molar-refractivity contribution in [3.8, 4) is 5.75 Å². The van der Waals surface area contributed by atoms with Crippen LogP contribution in [0.4, 0.5) is 0 Å². The van der Waals surface area contributed by atoms with E-state index in [9.17, 15) is 0 Å². The van der Waals surface area contributed by atoms with Gasteiger partial charge < -0.3 is 15.4 Å². The summed E-state index contributed by atoms with van der Waals surface area (Å²) in [4.78, 5) is 4.85. The summed E-state index contributed by atoms with van der Waals surface area (Å²) in [5.74, 6) is 1.90. The molecule has 122 valence electrons. The summed E-state index contributed by atoms with van der Waals surface area (Å²) in [6.07, 6.45) is 4.90. The Morgan fingerprint density at radius 1 is 1.14 bits per heavy atom. The molecule has 1 aromatic rings. The molecule has 1 aliphatic carbocycles. The molecule has 0 unspecified atom stereocenters. The molecule has 0 aliphatic heterocycles. The molecule has 0 bridgehead atoms. The van der Waals surface area contributed by atoms with Crippen molar-refractivity contribution < 1.29 is 4.74 Å². The number of hydrogen-bond acceptors (Lipinski definition) is 2. The summed E-state index contributed by atoms with van der Waals surface area (Å²) in [5, 5.41) is 6.62. The molecule has 1 fully saturated rings. The van der Waals surface area contributed by atoms with Crippen LogP contribution < -0.4 is 15.4 Å². The lowest BCUT2D eigenvalue weighted by atomic mass is 9.78. The van der Waals surface area contributed by atoms with Crippen molar-refractivity contribution in [1.29, 1.82) is 0 Å². The molecule has 0 atom stereocenters. The molecular formula is C18H29N3O. The number of benzene rings is 1. The molecule has 1 aliphatic rings. The molecule has 0 aromatic heterocycles. The normalized spacial score (nSPS) is 16.1. The van der Waals surface area contributed by atoms with Crippen LogP contribution in [0, 0.1) is 0 Å². The van der Waals surface area contributed by atoms with Gasteiger partial charge in [0.25, 0.3) is 0 Å². The molecule has 0 amide bonds. The Labute approximate surface area is 134 Å². The number of nitrogens with one attached hydrogen (secondary N) is 2. The fraction of sp³-hybridized carbons (Fsp3) is 0.611. The summed E-state index contributed by atoms with van der Waals surface area (Å²) in [6.45, 7) is 6.76. The summed E-state index contributed by atoms with van der Waals surface area (Å²) in [5.41, 5.74) is 1.42. The Kier molecular flexibility index (Phi) is 6.10. The second-order valence-electron chi connectivity index (χ2n) is 5.91. The van der Waals surface area contributed by atoms with Crippen molar-refractivity contribution in [2.45, 2.75) is 44.9 Å². The van der Waals surface area contributed by atoms with E-state index in [1.807, 2.05) is 6.07 Å². The van der Waals surface area contributed by atoms with E-state index in [0.717, 1.165) is 31.3 Å². The Morgan fingerprint density at radius 2 is 1.77 bits per heavy atom. The Morgan fingerprint density at radius 3 is 2.36 bits per heavy atom. The molecule has 22 heavy (non-hydrogen) atoms. The SMILES string of the molecule is CCNC(=NCC1(c2ccccc2OC)CCCC1)NCC. The van der Waals surface area contributed by atoms with Gasteiger partial charge in [-0.3, -0.25) is 4.99 Å². The zero-order chi connectivity index (χ0) is 15.8. The van der Waals surface area contributed by atoms with Crippen LogP contribution in [0.5, 0.6) is 5.75 Å². The second kappa shape index (κ2) is 8.06. The van der Waals surface area contributed by atoms with Gasteiger partial charge in [0, 0.05) is 24.1 Å². The van der Waals surface area contributed by atoms with Gasteiger partial charge in [-0.15, -0.1) is 0 Å². The van der Waals surface area contributed by atoms with Crippen LogP contribution in [0.15, 0.2) is 29.3 Å². The molecule has 4 nitrogen and oxygen atoms in total. The van der Waals surface area contributed by atoms with Gasteiger partial charge in [0.15, 0.2) is 5.96 Å². The highest BCUT2D eigenvalue weighted by molar-refractivity contribution is 5.79. The second-order valence-corrected chi connectivity index (χ2v) is 5.91. The van der Waals surface area contributed by atoms with E-state index < -0.39 is 0 Å². The van der Waals surface area contributed by atoms with Gasteiger partial charge in [0.2, 0.25) is 0 Å². The fourth-order valence-electron chi connectivity index (χ4n) is 3.39. The lowest BCUT2D eigenvalue weighted by Crippen LogP contribution is -2.38. The molecule has 2 rings (SSSR count). The molecule has 0 heterocycles.